The number of nitrogens with zero attached hydrogens (tertiary/aromatic N) is 4. The van der Waals surface area contributed by atoms with Crippen LogP contribution in [0.15, 0.2) is 23.0 Å². The topological polar surface area (TPSA) is 78.7 Å². The first kappa shape index (κ1) is 17.4. The summed E-state index contributed by atoms with van der Waals surface area (Å²) in [7, 11) is 3.40. The third-order valence-corrected chi connectivity index (χ3v) is 4.74. The van der Waals surface area contributed by atoms with Crippen molar-refractivity contribution in [3.8, 4) is 0 Å². The highest BCUT2D eigenvalue weighted by Crippen LogP contribution is 2.22. The van der Waals surface area contributed by atoms with Crippen molar-refractivity contribution in [3.05, 3.63) is 34.1 Å². The minimum atomic E-state index is -0.150. The zero-order valence-corrected chi connectivity index (χ0v) is 14.9. The average Bonchev–Trinajstić information content (AvgIpc) is 3.09. The highest BCUT2D eigenvalue weighted by Gasteiger charge is 2.26. The third kappa shape index (κ3) is 3.11. The second-order valence-corrected chi connectivity index (χ2v) is 6.67. The van der Waals surface area contributed by atoms with Crippen molar-refractivity contribution >= 4 is 22.8 Å². The first-order valence-electron chi connectivity index (χ1n) is 8.58. The molecule has 7 heteroatoms. The number of fused-ring (bicyclic) bond motifs is 1. The molecular weight excluding hydrogens is 320 g/mol. The molecule has 0 spiro atoms. The van der Waals surface area contributed by atoms with Gasteiger partial charge in [-0.25, -0.2) is 4.98 Å². The average molecular weight is 344 g/mol. The van der Waals surface area contributed by atoms with E-state index in [0.717, 1.165) is 13.0 Å². The van der Waals surface area contributed by atoms with Gasteiger partial charge in [-0.15, -0.1) is 0 Å². The molecular formula is C18H24N4O3. The number of aryl methyl sites for hydroxylation is 1. The standard InChI is InChI=1S/C18H24N4O3/c1-4-22-15-9-13(17(24)20(2)3)5-6-14(15)19-16(18(22)25)21-8-7-12(10-21)11-23/h5-6,9,12,23H,4,7-8,10-11H2,1-3H3/t12-/m0/s1. The fourth-order valence-electron chi connectivity index (χ4n) is 3.31. The number of carbonyl (C=O) groups is 1. The zero-order chi connectivity index (χ0) is 18.1. The molecule has 1 aromatic heterocycles. The maximum absolute atomic E-state index is 12.9. The van der Waals surface area contributed by atoms with E-state index in [0.29, 0.717) is 35.5 Å². The summed E-state index contributed by atoms with van der Waals surface area (Å²) in [5, 5.41) is 9.33. The van der Waals surface area contributed by atoms with Crippen molar-refractivity contribution in [3.63, 3.8) is 0 Å². The van der Waals surface area contributed by atoms with Gasteiger partial charge in [0, 0.05) is 51.8 Å². The Bertz CT molecular complexity index is 859. The van der Waals surface area contributed by atoms with Gasteiger partial charge in [0.2, 0.25) is 0 Å². The van der Waals surface area contributed by atoms with Crippen LogP contribution in [0.3, 0.4) is 0 Å². The molecule has 0 saturated carbocycles. The van der Waals surface area contributed by atoms with Gasteiger partial charge in [-0.1, -0.05) is 0 Å². The number of carbonyl (C=O) groups excluding carboxylic acids is 1. The van der Waals surface area contributed by atoms with Gasteiger partial charge in [0.05, 0.1) is 11.0 Å². The summed E-state index contributed by atoms with van der Waals surface area (Å²) in [6, 6.07) is 5.27. The summed E-state index contributed by atoms with van der Waals surface area (Å²) in [5.74, 6) is 0.510. The van der Waals surface area contributed by atoms with Gasteiger partial charge in [-0.05, 0) is 31.5 Å². The molecule has 1 saturated heterocycles. The van der Waals surface area contributed by atoms with Crippen molar-refractivity contribution in [1.29, 1.82) is 0 Å². The summed E-state index contributed by atoms with van der Waals surface area (Å²) in [5.41, 5.74) is 1.75. The first-order valence-corrected chi connectivity index (χ1v) is 8.58. The summed E-state index contributed by atoms with van der Waals surface area (Å²) < 4.78 is 1.66. The maximum atomic E-state index is 12.9. The predicted octanol–water partition coefficient (Wildman–Crippen LogP) is 0.937. The third-order valence-electron chi connectivity index (χ3n) is 4.74. The first-order chi connectivity index (χ1) is 12.0. The van der Waals surface area contributed by atoms with E-state index < -0.39 is 0 Å². The molecule has 1 aliphatic rings. The summed E-state index contributed by atoms with van der Waals surface area (Å²) in [6.45, 7) is 3.90. The molecule has 0 bridgehead atoms. The Morgan fingerprint density at radius 2 is 2.16 bits per heavy atom. The molecule has 0 aliphatic carbocycles. The lowest BCUT2D eigenvalue weighted by atomic mass is 10.1. The van der Waals surface area contributed by atoms with Crippen LogP contribution in [0.25, 0.3) is 11.0 Å². The van der Waals surface area contributed by atoms with Crippen LogP contribution in [0.2, 0.25) is 0 Å². The van der Waals surface area contributed by atoms with Gasteiger partial charge < -0.3 is 19.5 Å². The van der Waals surface area contributed by atoms with Gasteiger partial charge >= 0.3 is 0 Å². The van der Waals surface area contributed by atoms with Gasteiger partial charge in [0.15, 0.2) is 5.82 Å². The molecule has 1 aromatic carbocycles. The minimum Gasteiger partial charge on any atom is -0.396 e. The van der Waals surface area contributed by atoms with Crippen molar-refractivity contribution in [1.82, 2.24) is 14.5 Å². The summed E-state index contributed by atoms with van der Waals surface area (Å²) in [4.78, 5) is 33.1. The lowest BCUT2D eigenvalue weighted by Crippen LogP contribution is -2.32. The highest BCUT2D eigenvalue weighted by molar-refractivity contribution is 5.97. The lowest BCUT2D eigenvalue weighted by Gasteiger charge is -2.19. The number of aliphatic hydroxyl groups excluding tert-OH is 1. The monoisotopic (exact) mass is 344 g/mol. The molecule has 1 fully saturated rings. The molecule has 3 rings (SSSR count). The van der Waals surface area contributed by atoms with E-state index in [2.05, 4.69) is 4.98 Å². The SMILES string of the molecule is CCn1c(=O)c(N2CC[C@H](CO)C2)nc2ccc(C(=O)N(C)C)cc21. The normalized spacial score (nSPS) is 17.3. The van der Waals surface area contributed by atoms with Crippen molar-refractivity contribution in [2.24, 2.45) is 5.92 Å². The second-order valence-electron chi connectivity index (χ2n) is 6.67. The number of hydrogen-bond acceptors (Lipinski definition) is 5. The van der Waals surface area contributed by atoms with E-state index in [9.17, 15) is 14.7 Å². The van der Waals surface area contributed by atoms with Crippen LogP contribution in [0.1, 0.15) is 23.7 Å². The van der Waals surface area contributed by atoms with Crippen LogP contribution in [-0.4, -0.2) is 59.3 Å². The molecule has 0 radical (unpaired) electrons. The number of aromatic nitrogens is 2. The number of amides is 1. The molecule has 2 aromatic rings. The molecule has 1 atom stereocenters. The van der Waals surface area contributed by atoms with Crippen LogP contribution in [0.5, 0.6) is 0 Å². The van der Waals surface area contributed by atoms with Crippen LogP contribution in [0, 0.1) is 5.92 Å². The van der Waals surface area contributed by atoms with Gasteiger partial charge in [-0.2, -0.15) is 0 Å². The Morgan fingerprint density at radius 1 is 1.40 bits per heavy atom. The molecule has 1 amide bonds. The van der Waals surface area contributed by atoms with Crippen LogP contribution < -0.4 is 10.5 Å². The fourth-order valence-corrected chi connectivity index (χ4v) is 3.31. The second kappa shape index (κ2) is 6.84. The van der Waals surface area contributed by atoms with Crippen LogP contribution in [0.4, 0.5) is 5.82 Å². The van der Waals surface area contributed by atoms with E-state index in [4.69, 9.17) is 0 Å². The quantitative estimate of drug-likeness (QED) is 0.893. The Kier molecular flexibility index (Phi) is 4.76. The van der Waals surface area contributed by atoms with Crippen molar-refractivity contribution in [2.45, 2.75) is 19.9 Å². The molecule has 7 nitrogen and oxygen atoms in total. The minimum absolute atomic E-state index is 0.105. The van der Waals surface area contributed by atoms with E-state index in [-0.39, 0.29) is 24.0 Å². The summed E-state index contributed by atoms with van der Waals surface area (Å²) in [6.07, 6.45) is 0.859. The van der Waals surface area contributed by atoms with E-state index in [1.165, 1.54) is 4.90 Å². The number of anilines is 1. The van der Waals surface area contributed by atoms with Crippen molar-refractivity contribution in [2.75, 3.05) is 38.7 Å². The Morgan fingerprint density at radius 3 is 2.76 bits per heavy atom. The Hall–Kier alpha value is -2.41. The van der Waals surface area contributed by atoms with Gasteiger partial charge in [0.25, 0.3) is 11.5 Å². The molecule has 134 valence electrons. The lowest BCUT2D eigenvalue weighted by molar-refractivity contribution is 0.0827. The van der Waals surface area contributed by atoms with Crippen molar-refractivity contribution < 1.29 is 9.90 Å². The van der Waals surface area contributed by atoms with E-state index >= 15 is 0 Å². The van der Waals surface area contributed by atoms with Gasteiger partial charge in [-0.3, -0.25) is 9.59 Å². The number of rotatable bonds is 4. The zero-order valence-electron chi connectivity index (χ0n) is 14.9. The molecule has 2 heterocycles. The maximum Gasteiger partial charge on any atom is 0.293 e. The van der Waals surface area contributed by atoms with Crippen LogP contribution in [-0.2, 0) is 6.54 Å². The molecule has 0 unspecified atom stereocenters. The Labute approximate surface area is 146 Å². The molecule has 1 aliphatic heterocycles. The highest BCUT2D eigenvalue weighted by atomic mass is 16.3. The van der Waals surface area contributed by atoms with E-state index in [1.807, 2.05) is 11.8 Å². The number of aliphatic hydroxyl groups is 1. The largest absolute Gasteiger partial charge is 0.396 e. The summed E-state index contributed by atoms with van der Waals surface area (Å²) >= 11 is 0. The van der Waals surface area contributed by atoms with Gasteiger partial charge in [0.1, 0.15) is 0 Å². The fraction of sp³-hybridized carbons (Fsp3) is 0.500. The van der Waals surface area contributed by atoms with Crippen LogP contribution >= 0.6 is 0 Å². The number of hydrogen-bond donors (Lipinski definition) is 1. The number of benzene rings is 1. The molecule has 1 N–H and O–H groups in total. The predicted molar refractivity (Wildman–Crippen MR) is 97.1 cm³/mol. The van der Waals surface area contributed by atoms with E-state index in [1.54, 1.807) is 36.9 Å². The molecule has 25 heavy (non-hydrogen) atoms. The Balaban J connectivity index is 2.11. The smallest absolute Gasteiger partial charge is 0.293 e.